The fraction of sp³-hybridized carbons (Fsp3) is 0.333. The average Bonchev–Trinajstić information content (AvgIpc) is 2.51. The van der Waals surface area contributed by atoms with Crippen LogP contribution in [0, 0.1) is 6.92 Å². The van der Waals surface area contributed by atoms with Crippen molar-refractivity contribution in [1.29, 1.82) is 0 Å². The summed E-state index contributed by atoms with van der Waals surface area (Å²) in [7, 11) is -4.47. The summed E-state index contributed by atoms with van der Waals surface area (Å²) in [6.07, 6.45) is -4.83. The molecule has 26 heavy (non-hydrogen) atoms. The monoisotopic (exact) mass is 386 g/mol. The third-order valence-electron chi connectivity index (χ3n) is 4.13. The van der Waals surface area contributed by atoms with E-state index in [-0.39, 0.29) is 11.1 Å². The van der Waals surface area contributed by atoms with Crippen molar-refractivity contribution in [2.45, 2.75) is 37.3 Å². The number of alkyl halides is 3. The van der Waals surface area contributed by atoms with Gasteiger partial charge < -0.3 is 5.32 Å². The SMILES string of the molecule is Cc1cccc(C(C)(C)CNc2ccc(S(N)(=O)=O)c(C(F)(F)F)c2)c1. The van der Waals surface area contributed by atoms with E-state index in [1.807, 2.05) is 45.0 Å². The molecule has 0 spiro atoms. The van der Waals surface area contributed by atoms with Crippen LogP contribution in [0.25, 0.3) is 0 Å². The maximum atomic E-state index is 13.2. The summed E-state index contributed by atoms with van der Waals surface area (Å²) in [4.78, 5) is -0.937. The van der Waals surface area contributed by atoms with Crippen LogP contribution < -0.4 is 10.5 Å². The van der Waals surface area contributed by atoms with Crippen molar-refractivity contribution in [3.05, 3.63) is 59.2 Å². The van der Waals surface area contributed by atoms with E-state index in [4.69, 9.17) is 5.14 Å². The molecule has 0 atom stereocenters. The zero-order valence-electron chi connectivity index (χ0n) is 14.7. The molecular formula is C18H21F3N2O2S. The predicted molar refractivity (Wildman–Crippen MR) is 95.5 cm³/mol. The summed E-state index contributed by atoms with van der Waals surface area (Å²) in [5.41, 5.74) is 0.682. The molecule has 0 heterocycles. The lowest BCUT2D eigenvalue weighted by atomic mass is 9.84. The lowest BCUT2D eigenvalue weighted by Gasteiger charge is -2.27. The Morgan fingerprint density at radius 2 is 1.73 bits per heavy atom. The minimum atomic E-state index is -4.83. The Balaban J connectivity index is 2.30. The second kappa shape index (κ2) is 6.92. The number of sulfonamides is 1. The van der Waals surface area contributed by atoms with E-state index < -0.39 is 26.7 Å². The van der Waals surface area contributed by atoms with E-state index in [1.165, 1.54) is 6.07 Å². The van der Waals surface area contributed by atoms with Crippen LogP contribution in [0.15, 0.2) is 47.4 Å². The molecule has 4 nitrogen and oxygen atoms in total. The van der Waals surface area contributed by atoms with Crippen LogP contribution in [0.5, 0.6) is 0 Å². The Hall–Kier alpha value is -2.06. The zero-order chi connectivity index (χ0) is 19.8. The maximum Gasteiger partial charge on any atom is 0.417 e. The molecule has 0 aromatic heterocycles. The largest absolute Gasteiger partial charge is 0.417 e. The van der Waals surface area contributed by atoms with E-state index >= 15 is 0 Å². The minimum Gasteiger partial charge on any atom is -0.384 e. The average molecular weight is 386 g/mol. The fourth-order valence-corrected chi connectivity index (χ4v) is 3.34. The van der Waals surface area contributed by atoms with Gasteiger partial charge in [-0.1, -0.05) is 43.7 Å². The van der Waals surface area contributed by atoms with Gasteiger partial charge in [-0.25, -0.2) is 13.6 Å². The van der Waals surface area contributed by atoms with Crippen molar-refractivity contribution in [1.82, 2.24) is 0 Å². The molecule has 3 N–H and O–H groups in total. The molecular weight excluding hydrogens is 365 g/mol. The third kappa shape index (κ3) is 4.76. The molecule has 0 bridgehead atoms. The molecule has 142 valence electrons. The first-order valence-corrected chi connectivity index (χ1v) is 9.40. The van der Waals surface area contributed by atoms with Crippen LogP contribution in [-0.4, -0.2) is 15.0 Å². The Morgan fingerprint density at radius 1 is 1.08 bits per heavy atom. The van der Waals surface area contributed by atoms with Crippen LogP contribution in [0.2, 0.25) is 0 Å². The number of hydrogen-bond acceptors (Lipinski definition) is 3. The van der Waals surface area contributed by atoms with Gasteiger partial charge in [-0.15, -0.1) is 0 Å². The highest BCUT2D eigenvalue weighted by Crippen LogP contribution is 2.36. The van der Waals surface area contributed by atoms with Crippen molar-refractivity contribution in [2.75, 3.05) is 11.9 Å². The van der Waals surface area contributed by atoms with Gasteiger partial charge in [-0.2, -0.15) is 13.2 Å². The molecule has 8 heteroatoms. The Morgan fingerprint density at radius 3 is 2.27 bits per heavy atom. The molecule has 0 aliphatic rings. The smallest absolute Gasteiger partial charge is 0.384 e. The van der Waals surface area contributed by atoms with Gasteiger partial charge in [-0.3, -0.25) is 0 Å². The van der Waals surface area contributed by atoms with E-state index in [1.54, 1.807) is 0 Å². The molecule has 0 amide bonds. The first-order chi connectivity index (χ1) is 11.8. The number of benzene rings is 2. The van der Waals surface area contributed by atoms with Gasteiger partial charge in [-0.05, 0) is 30.7 Å². The number of nitrogens with two attached hydrogens (primary N) is 1. The van der Waals surface area contributed by atoms with Crippen LogP contribution in [-0.2, 0) is 21.6 Å². The van der Waals surface area contributed by atoms with Crippen molar-refractivity contribution in [3.8, 4) is 0 Å². The quantitative estimate of drug-likeness (QED) is 0.814. The number of nitrogens with one attached hydrogen (secondary N) is 1. The molecule has 2 rings (SSSR count). The summed E-state index contributed by atoms with van der Waals surface area (Å²) >= 11 is 0. The van der Waals surface area contributed by atoms with Crippen molar-refractivity contribution in [3.63, 3.8) is 0 Å². The van der Waals surface area contributed by atoms with E-state index in [0.29, 0.717) is 6.54 Å². The van der Waals surface area contributed by atoms with Gasteiger partial charge in [0.1, 0.15) is 0 Å². The minimum absolute atomic E-state index is 0.172. The number of rotatable bonds is 5. The first kappa shape index (κ1) is 20.3. The standard InChI is InChI=1S/C18H21F3N2O2S/c1-12-5-4-6-13(9-12)17(2,3)11-23-14-7-8-16(26(22,24)25)15(10-14)18(19,20)21/h4-10,23H,11H2,1-3H3,(H2,22,24,25). The number of hydrogen-bond donors (Lipinski definition) is 2. The predicted octanol–water partition coefficient (Wildman–Crippen LogP) is 4.05. The molecule has 2 aromatic rings. The summed E-state index contributed by atoms with van der Waals surface area (Å²) < 4.78 is 62.4. The highest BCUT2D eigenvalue weighted by Gasteiger charge is 2.36. The number of primary sulfonamides is 1. The second-order valence-corrected chi connectivity index (χ2v) is 8.39. The highest BCUT2D eigenvalue weighted by atomic mass is 32.2. The molecule has 0 saturated carbocycles. The normalized spacial score (nSPS) is 12.9. The fourth-order valence-electron chi connectivity index (χ4n) is 2.60. The van der Waals surface area contributed by atoms with Crippen molar-refractivity contribution < 1.29 is 21.6 Å². The lowest BCUT2D eigenvalue weighted by molar-refractivity contribution is -0.139. The molecule has 0 fully saturated rings. The van der Waals surface area contributed by atoms with Gasteiger partial charge in [0.25, 0.3) is 0 Å². The second-order valence-electron chi connectivity index (χ2n) is 6.86. The first-order valence-electron chi connectivity index (χ1n) is 7.86. The Bertz CT molecular complexity index is 907. The van der Waals surface area contributed by atoms with Crippen LogP contribution in [0.1, 0.15) is 30.5 Å². The van der Waals surface area contributed by atoms with E-state index in [0.717, 1.165) is 23.3 Å². The molecule has 0 saturated heterocycles. The molecule has 0 unspecified atom stereocenters. The summed E-state index contributed by atoms with van der Waals surface area (Å²) in [5, 5.41) is 7.85. The Kier molecular flexibility index (Phi) is 5.39. The number of halogens is 3. The maximum absolute atomic E-state index is 13.2. The highest BCUT2D eigenvalue weighted by molar-refractivity contribution is 7.89. The third-order valence-corrected chi connectivity index (χ3v) is 5.09. The van der Waals surface area contributed by atoms with Gasteiger partial charge in [0.05, 0.1) is 10.5 Å². The summed E-state index contributed by atoms with van der Waals surface area (Å²) in [5.74, 6) is 0. The number of aryl methyl sites for hydroxylation is 1. The molecule has 0 aliphatic heterocycles. The molecule has 0 aliphatic carbocycles. The van der Waals surface area contributed by atoms with Gasteiger partial charge >= 0.3 is 6.18 Å². The van der Waals surface area contributed by atoms with Crippen LogP contribution >= 0.6 is 0 Å². The van der Waals surface area contributed by atoms with Crippen LogP contribution in [0.4, 0.5) is 18.9 Å². The molecule has 2 aromatic carbocycles. The van der Waals surface area contributed by atoms with Crippen molar-refractivity contribution in [2.24, 2.45) is 5.14 Å². The van der Waals surface area contributed by atoms with Gasteiger partial charge in [0.15, 0.2) is 0 Å². The van der Waals surface area contributed by atoms with Crippen molar-refractivity contribution >= 4 is 15.7 Å². The summed E-state index contributed by atoms with van der Waals surface area (Å²) in [6.45, 7) is 6.27. The zero-order valence-corrected chi connectivity index (χ0v) is 15.5. The van der Waals surface area contributed by atoms with E-state index in [2.05, 4.69) is 5.32 Å². The van der Waals surface area contributed by atoms with Crippen LogP contribution in [0.3, 0.4) is 0 Å². The topological polar surface area (TPSA) is 72.2 Å². The van der Waals surface area contributed by atoms with Gasteiger partial charge in [0.2, 0.25) is 10.0 Å². The Labute approximate surface area is 151 Å². The van der Waals surface area contributed by atoms with E-state index in [9.17, 15) is 21.6 Å². The molecule has 0 radical (unpaired) electrons. The lowest BCUT2D eigenvalue weighted by Crippen LogP contribution is -2.28. The summed E-state index contributed by atoms with van der Waals surface area (Å²) in [6, 6.07) is 10.8. The van der Waals surface area contributed by atoms with Gasteiger partial charge in [0, 0.05) is 17.6 Å². The number of anilines is 1.